The van der Waals surface area contributed by atoms with E-state index in [1.165, 1.54) is 0 Å². The molecule has 2 aromatic rings. The van der Waals surface area contributed by atoms with Gasteiger partial charge in [-0.2, -0.15) is 0 Å². The van der Waals surface area contributed by atoms with Gasteiger partial charge in [0.15, 0.2) is 0 Å². The molecular formula is C8H8N4O. The van der Waals surface area contributed by atoms with Crippen molar-refractivity contribution >= 4 is 0 Å². The van der Waals surface area contributed by atoms with E-state index in [0.29, 0.717) is 11.5 Å². The van der Waals surface area contributed by atoms with Gasteiger partial charge >= 0.3 is 0 Å². The van der Waals surface area contributed by atoms with Crippen LogP contribution in [-0.2, 0) is 6.42 Å². The van der Waals surface area contributed by atoms with E-state index in [9.17, 15) is 0 Å². The van der Waals surface area contributed by atoms with Crippen LogP contribution in [0.15, 0.2) is 23.1 Å². The van der Waals surface area contributed by atoms with Crippen LogP contribution < -0.4 is 0 Å². The highest BCUT2D eigenvalue weighted by atomic mass is 16.5. The van der Waals surface area contributed by atoms with Crippen molar-refractivity contribution in [2.75, 3.05) is 0 Å². The smallest absolute Gasteiger partial charge is 0.210 e. The Kier molecular flexibility index (Phi) is 1.99. The largest absolute Gasteiger partial charge is 0.335 e. The average Bonchev–Trinajstić information content (AvgIpc) is 2.67. The lowest BCUT2D eigenvalue weighted by atomic mass is 10.2. The molecule has 0 aliphatic heterocycles. The van der Waals surface area contributed by atoms with E-state index in [0.717, 1.165) is 12.1 Å². The van der Waals surface area contributed by atoms with Crippen LogP contribution >= 0.6 is 0 Å². The van der Waals surface area contributed by atoms with Gasteiger partial charge in [-0.3, -0.25) is 4.98 Å². The molecule has 0 radical (unpaired) electrons. The van der Waals surface area contributed by atoms with Gasteiger partial charge in [0.1, 0.15) is 11.4 Å². The van der Waals surface area contributed by atoms with E-state index in [2.05, 4.69) is 20.3 Å². The number of rotatable bonds is 2. The maximum absolute atomic E-state index is 4.98. The second-order valence-corrected chi connectivity index (χ2v) is 2.49. The first-order valence-electron chi connectivity index (χ1n) is 3.99. The normalized spacial score (nSPS) is 10.2. The first kappa shape index (κ1) is 7.85. The summed E-state index contributed by atoms with van der Waals surface area (Å²) in [7, 11) is 0. The van der Waals surface area contributed by atoms with Gasteiger partial charge in [0.25, 0.3) is 0 Å². The summed E-state index contributed by atoms with van der Waals surface area (Å²) in [6.07, 6.45) is 5.62. The summed E-state index contributed by atoms with van der Waals surface area (Å²) in [5, 5.41) is 7.30. The minimum Gasteiger partial charge on any atom is -0.335 e. The Hall–Kier alpha value is -1.78. The molecule has 5 nitrogen and oxygen atoms in total. The SMILES string of the molecule is CCc1nnoc1-c1cnccn1. The maximum Gasteiger partial charge on any atom is 0.210 e. The molecule has 0 saturated heterocycles. The van der Waals surface area contributed by atoms with Gasteiger partial charge < -0.3 is 4.52 Å². The van der Waals surface area contributed by atoms with E-state index in [4.69, 9.17) is 4.52 Å². The van der Waals surface area contributed by atoms with Crippen LogP contribution in [0.4, 0.5) is 0 Å². The zero-order valence-electron chi connectivity index (χ0n) is 7.14. The number of nitrogens with zero attached hydrogens (tertiary/aromatic N) is 4. The predicted octanol–water partition coefficient (Wildman–Crippen LogP) is 1.09. The van der Waals surface area contributed by atoms with Gasteiger partial charge in [-0.15, -0.1) is 5.10 Å². The van der Waals surface area contributed by atoms with E-state index < -0.39 is 0 Å². The third kappa shape index (κ3) is 1.40. The molecule has 0 aromatic carbocycles. The van der Waals surface area contributed by atoms with E-state index >= 15 is 0 Å². The molecule has 2 rings (SSSR count). The Morgan fingerprint density at radius 1 is 1.38 bits per heavy atom. The molecule has 2 heterocycles. The summed E-state index contributed by atoms with van der Waals surface area (Å²) < 4.78 is 4.98. The molecule has 0 spiro atoms. The Morgan fingerprint density at radius 2 is 2.31 bits per heavy atom. The summed E-state index contributed by atoms with van der Waals surface area (Å²) in [5.74, 6) is 0.607. The summed E-state index contributed by atoms with van der Waals surface area (Å²) in [6.45, 7) is 1.99. The second kappa shape index (κ2) is 3.30. The number of aryl methyl sites for hydroxylation is 1. The molecule has 5 heteroatoms. The van der Waals surface area contributed by atoms with Crippen molar-refractivity contribution in [3.8, 4) is 11.5 Å². The van der Waals surface area contributed by atoms with Crippen LogP contribution in [0.1, 0.15) is 12.6 Å². The molecule has 0 atom stereocenters. The van der Waals surface area contributed by atoms with Gasteiger partial charge in [0.05, 0.1) is 6.20 Å². The van der Waals surface area contributed by atoms with Crippen molar-refractivity contribution < 1.29 is 4.52 Å². The molecule has 2 aromatic heterocycles. The van der Waals surface area contributed by atoms with Crippen molar-refractivity contribution in [3.05, 3.63) is 24.3 Å². The molecule has 66 valence electrons. The average molecular weight is 176 g/mol. The van der Waals surface area contributed by atoms with Crippen molar-refractivity contribution in [2.45, 2.75) is 13.3 Å². The van der Waals surface area contributed by atoms with Gasteiger partial charge in [-0.25, -0.2) is 4.98 Å². The monoisotopic (exact) mass is 176 g/mol. The molecule has 0 unspecified atom stereocenters. The fourth-order valence-corrected chi connectivity index (χ4v) is 1.05. The highest BCUT2D eigenvalue weighted by Gasteiger charge is 2.11. The standard InChI is InChI=1S/C8H8N4O/c1-2-6-8(13-12-11-6)7-5-9-3-4-10-7/h3-5H,2H2,1H3. The van der Waals surface area contributed by atoms with Crippen LogP contribution in [0.25, 0.3) is 11.5 Å². The van der Waals surface area contributed by atoms with Crippen molar-refractivity contribution in [1.29, 1.82) is 0 Å². The Labute approximate surface area is 74.8 Å². The van der Waals surface area contributed by atoms with Gasteiger partial charge in [0.2, 0.25) is 5.76 Å². The number of aromatic nitrogens is 4. The molecule has 13 heavy (non-hydrogen) atoms. The number of hydrogen-bond donors (Lipinski definition) is 0. The highest BCUT2D eigenvalue weighted by molar-refractivity contribution is 5.52. The molecular weight excluding hydrogens is 168 g/mol. The van der Waals surface area contributed by atoms with Crippen LogP contribution in [0, 0.1) is 0 Å². The number of hydrogen-bond acceptors (Lipinski definition) is 5. The maximum atomic E-state index is 4.98. The van der Waals surface area contributed by atoms with Gasteiger partial charge in [0, 0.05) is 17.7 Å². The second-order valence-electron chi connectivity index (χ2n) is 2.49. The van der Waals surface area contributed by atoms with E-state index in [-0.39, 0.29) is 0 Å². The van der Waals surface area contributed by atoms with Gasteiger partial charge in [-0.1, -0.05) is 6.92 Å². The summed E-state index contributed by atoms with van der Waals surface area (Å²) >= 11 is 0. The first-order valence-corrected chi connectivity index (χ1v) is 3.99. The highest BCUT2D eigenvalue weighted by Crippen LogP contribution is 2.18. The van der Waals surface area contributed by atoms with Crippen LogP contribution in [0.3, 0.4) is 0 Å². The van der Waals surface area contributed by atoms with Crippen LogP contribution in [-0.4, -0.2) is 20.3 Å². The third-order valence-electron chi connectivity index (χ3n) is 1.69. The van der Waals surface area contributed by atoms with Gasteiger partial charge in [-0.05, 0) is 6.42 Å². The zero-order valence-corrected chi connectivity index (χ0v) is 7.14. The summed E-state index contributed by atoms with van der Waals surface area (Å²) in [4.78, 5) is 8.03. The zero-order chi connectivity index (χ0) is 9.10. The molecule has 0 saturated carbocycles. The van der Waals surface area contributed by atoms with Crippen LogP contribution in [0.2, 0.25) is 0 Å². The third-order valence-corrected chi connectivity index (χ3v) is 1.69. The fourth-order valence-electron chi connectivity index (χ4n) is 1.05. The summed E-state index contributed by atoms with van der Waals surface area (Å²) in [5.41, 5.74) is 1.48. The van der Waals surface area contributed by atoms with E-state index in [1.54, 1.807) is 18.6 Å². The molecule has 0 amide bonds. The topological polar surface area (TPSA) is 64.7 Å². The molecule has 0 aliphatic carbocycles. The molecule has 0 fully saturated rings. The molecule has 0 aliphatic rings. The summed E-state index contributed by atoms with van der Waals surface area (Å²) in [6, 6.07) is 0. The lowest BCUT2D eigenvalue weighted by Crippen LogP contribution is -1.87. The first-order chi connectivity index (χ1) is 6.42. The van der Waals surface area contributed by atoms with Crippen molar-refractivity contribution in [3.63, 3.8) is 0 Å². The molecule has 0 bridgehead atoms. The van der Waals surface area contributed by atoms with Crippen molar-refractivity contribution in [1.82, 2.24) is 20.3 Å². The fraction of sp³-hybridized carbons (Fsp3) is 0.250. The minimum absolute atomic E-state index is 0.607. The van der Waals surface area contributed by atoms with E-state index in [1.807, 2.05) is 6.92 Å². The predicted molar refractivity (Wildman–Crippen MR) is 44.7 cm³/mol. The quantitative estimate of drug-likeness (QED) is 0.685. The Bertz CT molecular complexity index is 384. The lowest BCUT2D eigenvalue weighted by molar-refractivity contribution is 0.402. The lowest BCUT2D eigenvalue weighted by Gasteiger charge is -1.93. The van der Waals surface area contributed by atoms with Crippen LogP contribution in [0.5, 0.6) is 0 Å². The van der Waals surface area contributed by atoms with Crippen molar-refractivity contribution in [2.24, 2.45) is 0 Å². The molecule has 0 N–H and O–H groups in total. The Balaban J connectivity index is 2.47. The Morgan fingerprint density at radius 3 is 3.00 bits per heavy atom. The minimum atomic E-state index is 0.607.